The van der Waals surface area contributed by atoms with Crippen LogP contribution in [0.2, 0.25) is 0 Å². The van der Waals surface area contributed by atoms with Crippen LogP contribution in [0.25, 0.3) is 0 Å². The second-order valence-corrected chi connectivity index (χ2v) is 11.1. The van der Waals surface area contributed by atoms with Crippen molar-refractivity contribution < 1.29 is 31.2 Å². The van der Waals surface area contributed by atoms with E-state index in [4.69, 9.17) is 0 Å². The van der Waals surface area contributed by atoms with Crippen LogP contribution >= 0.6 is 0 Å². The Labute approximate surface area is 200 Å². The molecule has 0 bridgehead atoms. The number of piperidine rings is 1. The summed E-state index contributed by atoms with van der Waals surface area (Å²) in [6, 6.07) is 6.41. The Morgan fingerprint density at radius 1 is 1.00 bits per heavy atom. The smallest absolute Gasteiger partial charge is 0.357 e. The van der Waals surface area contributed by atoms with Gasteiger partial charge >= 0.3 is 11.5 Å². The molecule has 2 unspecified atom stereocenters. The maximum absolute atomic E-state index is 13.5. The van der Waals surface area contributed by atoms with Crippen LogP contribution in [0.15, 0.2) is 47.5 Å². The summed E-state index contributed by atoms with van der Waals surface area (Å²) in [5, 5.41) is 0. The number of hydrogen-bond acceptors (Lipinski definition) is 6. The molecule has 186 valence electrons. The van der Waals surface area contributed by atoms with Gasteiger partial charge in [0.25, 0.3) is 15.7 Å². The molecule has 2 aromatic rings. The van der Waals surface area contributed by atoms with Crippen molar-refractivity contribution in [2.45, 2.75) is 48.5 Å². The summed E-state index contributed by atoms with van der Waals surface area (Å²) < 4.78 is 62.0. The Morgan fingerprint density at radius 3 is 2.20 bits per heavy atom. The van der Waals surface area contributed by atoms with Gasteiger partial charge in [0.15, 0.2) is 0 Å². The minimum atomic E-state index is -5.54. The predicted octanol–water partition coefficient (Wildman–Crippen LogP) is 4.12. The van der Waals surface area contributed by atoms with E-state index in [0.29, 0.717) is 17.9 Å². The summed E-state index contributed by atoms with van der Waals surface area (Å²) in [5.74, 6) is 0.101. The number of carbonyl (C=O) groups excluding carboxylic acids is 2. The second kappa shape index (κ2) is 7.94. The Bertz CT molecular complexity index is 1290. The molecule has 3 fully saturated rings. The van der Waals surface area contributed by atoms with Crippen LogP contribution in [0.4, 0.5) is 35.2 Å². The fraction of sp³-hybridized carbons (Fsp3) is 0.435. The number of anilines is 3. The fourth-order valence-corrected chi connectivity index (χ4v) is 5.75. The van der Waals surface area contributed by atoms with Gasteiger partial charge in [-0.05, 0) is 61.9 Å². The Hall–Kier alpha value is -3.15. The molecule has 5 rings (SSSR count). The van der Waals surface area contributed by atoms with Gasteiger partial charge in [-0.1, -0.05) is 6.92 Å². The Balaban J connectivity index is 1.49. The number of urea groups is 1. The van der Waals surface area contributed by atoms with Gasteiger partial charge < -0.3 is 4.90 Å². The van der Waals surface area contributed by atoms with Crippen LogP contribution in [-0.4, -0.2) is 49.5 Å². The summed E-state index contributed by atoms with van der Waals surface area (Å²) >= 11 is 0. The van der Waals surface area contributed by atoms with Gasteiger partial charge in [0, 0.05) is 25.4 Å². The van der Waals surface area contributed by atoms with Gasteiger partial charge in [-0.15, -0.1) is 0 Å². The standard InChI is InChI=1S/C23H23F3N4O4S/c1-15-14-22(15)20(31)29(16-5-7-18(8-6-16)35(33,34)23(24,25)26)21(32)30(22)17-9-10-27-19(13-17)28-11-3-2-4-12-28/h5-10,13,15H,2-4,11-12,14H2,1H3. The van der Waals surface area contributed by atoms with E-state index in [1.165, 1.54) is 4.90 Å². The molecule has 35 heavy (non-hydrogen) atoms. The zero-order valence-electron chi connectivity index (χ0n) is 18.8. The van der Waals surface area contributed by atoms with E-state index in [-0.39, 0.29) is 11.6 Å². The van der Waals surface area contributed by atoms with Crippen molar-refractivity contribution in [3.05, 3.63) is 42.6 Å². The summed E-state index contributed by atoms with van der Waals surface area (Å²) in [6.45, 7) is 3.56. The zero-order chi connectivity index (χ0) is 25.2. The minimum Gasteiger partial charge on any atom is -0.357 e. The molecule has 0 N–H and O–H groups in total. The molecule has 0 radical (unpaired) electrons. The highest BCUT2D eigenvalue weighted by molar-refractivity contribution is 7.92. The van der Waals surface area contributed by atoms with Crippen LogP contribution in [-0.2, 0) is 14.6 Å². The number of pyridine rings is 1. The number of rotatable bonds is 4. The highest BCUT2D eigenvalue weighted by atomic mass is 32.2. The average Bonchev–Trinajstić information content (AvgIpc) is 3.44. The number of carbonyl (C=O) groups is 2. The minimum absolute atomic E-state index is 0.00686. The molecule has 3 amide bonds. The van der Waals surface area contributed by atoms with Gasteiger partial charge in [0.05, 0.1) is 16.3 Å². The first-order valence-electron chi connectivity index (χ1n) is 11.3. The van der Waals surface area contributed by atoms with Gasteiger partial charge in [0.1, 0.15) is 11.4 Å². The first kappa shape index (κ1) is 23.6. The Morgan fingerprint density at radius 2 is 1.63 bits per heavy atom. The van der Waals surface area contributed by atoms with E-state index >= 15 is 0 Å². The number of sulfone groups is 1. The van der Waals surface area contributed by atoms with Crippen molar-refractivity contribution in [3.63, 3.8) is 0 Å². The van der Waals surface area contributed by atoms with Crippen molar-refractivity contribution in [1.29, 1.82) is 0 Å². The summed E-state index contributed by atoms with van der Waals surface area (Å²) in [6.07, 6.45) is 5.27. The quantitative estimate of drug-likeness (QED) is 0.578. The fourth-order valence-electron chi connectivity index (χ4n) is 4.98. The third kappa shape index (κ3) is 3.57. The molecule has 2 saturated heterocycles. The lowest BCUT2D eigenvalue weighted by atomic mass is 10.1. The lowest BCUT2D eigenvalue weighted by molar-refractivity contribution is -0.119. The highest BCUT2D eigenvalue weighted by Gasteiger charge is 2.70. The van der Waals surface area contributed by atoms with E-state index in [1.807, 2.05) is 6.92 Å². The largest absolute Gasteiger partial charge is 0.501 e. The molecule has 1 aliphatic carbocycles. The van der Waals surface area contributed by atoms with E-state index in [0.717, 1.165) is 61.5 Å². The van der Waals surface area contributed by atoms with Crippen molar-refractivity contribution >= 4 is 39.0 Å². The van der Waals surface area contributed by atoms with Crippen molar-refractivity contribution in [2.75, 3.05) is 27.8 Å². The summed E-state index contributed by atoms with van der Waals surface area (Å²) in [5.41, 5.74) is -6.02. The Kier molecular flexibility index (Phi) is 5.35. The highest BCUT2D eigenvalue weighted by Crippen LogP contribution is 2.55. The molecule has 1 aromatic carbocycles. The molecule has 2 atom stereocenters. The molecular formula is C23H23F3N4O4S. The van der Waals surface area contributed by atoms with Crippen LogP contribution in [0.1, 0.15) is 32.6 Å². The molecule has 1 aromatic heterocycles. The van der Waals surface area contributed by atoms with Gasteiger partial charge in [-0.25, -0.2) is 23.1 Å². The molecule has 3 aliphatic rings. The van der Waals surface area contributed by atoms with E-state index in [2.05, 4.69) is 9.88 Å². The van der Waals surface area contributed by atoms with Gasteiger partial charge in [0.2, 0.25) is 0 Å². The first-order valence-corrected chi connectivity index (χ1v) is 12.8. The third-order valence-electron chi connectivity index (χ3n) is 7.00. The molecule has 1 saturated carbocycles. The number of nitrogens with zero attached hydrogens (tertiary/aromatic N) is 4. The SMILES string of the molecule is CC1CC12C(=O)N(c1ccc(S(=O)(=O)C(F)(F)F)cc1)C(=O)N2c1ccnc(N2CCCCC2)c1. The number of imide groups is 1. The van der Waals surface area contributed by atoms with Crippen LogP contribution in [0.5, 0.6) is 0 Å². The number of halogens is 3. The van der Waals surface area contributed by atoms with Crippen LogP contribution in [0.3, 0.4) is 0 Å². The van der Waals surface area contributed by atoms with Crippen molar-refractivity contribution in [1.82, 2.24) is 4.98 Å². The number of amides is 3. The van der Waals surface area contributed by atoms with Crippen molar-refractivity contribution in [2.24, 2.45) is 5.92 Å². The maximum Gasteiger partial charge on any atom is 0.501 e. The molecular weight excluding hydrogens is 485 g/mol. The zero-order valence-corrected chi connectivity index (χ0v) is 19.6. The molecule has 12 heteroatoms. The third-order valence-corrected chi connectivity index (χ3v) is 8.51. The van der Waals surface area contributed by atoms with Crippen LogP contribution < -0.4 is 14.7 Å². The van der Waals surface area contributed by atoms with E-state index in [9.17, 15) is 31.2 Å². The topological polar surface area (TPSA) is 90.9 Å². The van der Waals surface area contributed by atoms with Crippen LogP contribution in [0, 0.1) is 5.92 Å². The first-order chi connectivity index (χ1) is 16.5. The summed E-state index contributed by atoms with van der Waals surface area (Å²) in [7, 11) is -5.54. The maximum atomic E-state index is 13.5. The second-order valence-electron chi connectivity index (χ2n) is 9.15. The normalized spacial score (nSPS) is 25.0. The molecule has 3 heterocycles. The van der Waals surface area contributed by atoms with Gasteiger partial charge in [-0.3, -0.25) is 9.69 Å². The van der Waals surface area contributed by atoms with E-state index in [1.54, 1.807) is 18.3 Å². The number of benzene rings is 1. The van der Waals surface area contributed by atoms with E-state index < -0.39 is 37.7 Å². The molecule has 1 spiro atoms. The lowest BCUT2D eigenvalue weighted by Crippen LogP contribution is -2.39. The predicted molar refractivity (Wildman–Crippen MR) is 122 cm³/mol. The molecule has 2 aliphatic heterocycles. The van der Waals surface area contributed by atoms with Gasteiger partial charge in [-0.2, -0.15) is 13.2 Å². The monoisotopic (exact) mass is 508 g/mol. The number of hydrogen-bond donors (Lipinski definition) is 0. The molecule has 8 nitrogen and oxygen atoms in total. The average molecular weight is 509 g/mol. The summed E-state index contributed by atoms with van der Waals surface area (Å²) in [4.78, 5) is 35.0. The lowest BCUT2D eigenvalue weighted by Gasteiger charge is -2.29. The number of aromatic nitrogens is 1. The van der Waals surface area contributed by atoms with Crippen molar-refractivity contribution in [3.8, 4) is 0 Å². The number of alkyl halides is 3.